The lowest BCUT2D eigenvalue weighted by atomic mass is 10.1. The van der Waals surface area contributed by atoms with E-state index in [1.54, 1.807) is 12.1 Å². The van der Waals surface area contributed by atoms with Crippen molar-refractivity contribution in [2.75, 3.05) is 32.4 Å². The maximum atomic E-state index is 13.0. The minimum Gasteiger partial charge on any atom is -0.493 e. The first-order chi connectivity index (χ1) is 14.5. The standard InChI is InChI=1S/C22H25N3O4S/c1-27-16-10-13(11-17(28-2)19(16)29-3)24-21(26)20-18(23)14-9-12-7-5-4-6-8-15(12)25-22(14)30-20/h9-11H,4-8,23H2,1-3H3,(H,24,26). The summed E-state index contributed by atoms with van der Waals surface area (Å²) in [5.41, 5.74) is 9.75. The van der Waals surface area contributed by atoms with Crippen molar-refractivity contribution in [1.29, 1.82) is 0 Å². The summed E-state index contributed by atoms with van der Waals surface area (Å²) < 4.78 is 16.0. The quantitative estimate of drug-likeness (QED) is 0.585. The van der Waals surface area contributed by atoms with E-state index >= 15 is 0 Å². The molecule has 30 heavy (non-hydrogen) atoms. The van der Waals surface area contributed by atoms with E-state index in [0.717, 1.165) is 35.2 Å². The zero-order valence-corrected chi connectivity index (χ0v) is 18.1. The van der Waals surface area contributed by atoms with Gasteiger partial charge in [-0.1, -0.05) is 6.42 Å². The first kappa shape index (κ1) is 20.3. The summed E-state index contributed by atoms with van der Waals surface area (Å²) in [5.74, 6) is 1.09. The Hall–Kier alpha value is -3.00. The number of amides is 1. The first-order valence-corrected chi connectivity index (χ1v) is 10.7. The van der Waals surface area contributed by atoms with E-state index in [-0.39, 0.29) is 5.91 Å². The highest BCUT2D eigenvalue weighted by Gasteiger charge is 2.21. The molecule has 1 aliphatic rings. The van der Waals surface area contributed by atoms with Gasteiger partial charge in [0.05, 0.1) is 27.0 Å². The van der Waals surface area contributed by atoms with E-state index < -0.39 is 0 Å². The molecule has 0 aliphatic heterocycles. The topological polar surface area (TPSA) is 95.7 Å². The second-order valence-corrected chi connectivity index (χ2v) is 8.22. The molecule has 0 fully saturated rings. The summed E-state index contributed by atoms with van der Waals surface area (Å²) in [6.45, 7) is 0. The SMILES string of the molecule is COc1cc(NC(=O)c2sc3nc4c(cc3c2N)CCCCC4)cc(OC)c1OC. The van der Waals surface area contributed by atoms with Gasteiger partial charge < -0.3 is 25.3 Å². The van der Waals surface area contributed by atoms with Crippen LogP contribution in [0.1, 0.15) is 40.2 Å². The van der Waals surface area contributed by atoms with Crippen molar-refractivity contribution in [1.82, 2.24) is 4.98 Å². The highest BCUT2D eigenvalue weighted by atomic mass is 32.1. The normalized spacial score (nSPS) is 13.4. The van der Waals surface area contributed by atoms with E-state index in [1.165, 1.54) is 51.1 Å². The number of pyridine rings is 1. The number of ether oxygens (including phenoxy) is 3. The minimum atomic E-state index is -0.292. The van der Waals surface area contributed by atoms with Crippen LogP contribution >= 0.6 is 11.3 Å². The number of hydrogen-bond acceptors (Lipinski definition) is 7. The molecular weight excluding hydrogens is 402 g/mol. The number of nitrogens with zero attached hydrogens (tertiary/aromatic N) is 1. The fraction of sp³-hybridized carbons (Fsp3) is 0.364. The number of carbonyl (C=O) groups excluding carboxylic acids is 1. The zero-order valence-electron chi connectivity index (χ0n) is 17.3. The molecule has 1 aliphatic carbocycles. The third-order valence-electron chi connectivity index (χ3n) is 5.38. The molecule has 2 aromatic heterocycles. The average molecular weight is 428 g/mol. The number of nitrogen functional groups attached to an aromatic ring is 1. The lowest BCUT2D eigenvalue weighted by molar-refractivity contribution is 0.103. The Labute approximate surface area is 179 Å². The van der Waals surface area contributed by atoms with Crippen LogP contribution in [-0.4, -0.2) is 32.2 Å². The highest BCUT2D eigenvalue weighted by molar-refractivity contribution is 7.21. The molecular formula is C22H25N3O4S. The number of carbonyl (C=O) groups is 1. The zero-order chi connectivity index (χ0) is 21.3. The molecule has 0 atom stereocenters. The second kappa shape index (κ2) is 8.39. The largest absolute Gasteiger partial charge is 0.493 e. The molecule has 0 saturated heterocycles. The number of aryl methyl sites for hydroxylation is 2. The van der Waals surface area contributed by atoms with Crippen LogP contribution in [0.5, 0.6) is 17.2 Å². The van der Waals surface area contributed by atoms with Crippen molar-refractivity contribution in [2.45, 2.75) is 32.1 Å². The van der Waals surface area contributed by atoms with Crippen LogP contribution in [0.25, 0.3) is 10.2 Å². The molecule has 158 valence electrons. The number of benzene rings is 1. The molecule has 2 heterocycles. The number of rotatable bonds is 5. The number of aromatic nitrogens is 1. The predicted molar refractivity (Wildman–Crippen MR) is 119 cm³/mol. The monoisotopic (exact) mass is 427 g/mol. The van der Waals surface area contributed by atoms with Crippen LogP contribution in [0.4, 0.5) is 11.4 Å². The van der Waals surface area contributed by atoms with Crippen molar-refractivity contribution in [2.24, 2.45) is 0 Å². The molecule has 1 amide bonds. The summed E-state index contributed by atoms with van der Waals surface area (Å²) in [4.78, 5) is 19.1. The van der Waals surface area contributed by atoms with Gasteiger partial charge in [0.25, 0.3) is 5.91 Å². The Morgan fingerprint density at radius 3 is 2.40 bits per heavy atom. The van der Waals surface area contributed by atoms with Crippen molar-refractivity contribution in [3.05, 3.63) is 34.3 Å². The number of methoxy groups -OCH3 is 3. The van der Waals surface area contributed by atoms with Crippen LogP contribution < -0.4 is 25.3 Å². The smallest absolute Gasteiger partial charge is 0.267 e. The van der Waals surface area contributed by atoms with Gasteiger partial charge in [0, 0.05) is 28.9 Å². The highest BCUT2D eigenvalue weighted by Crippen LogP contribution is 2.41. The fourth-order valence-corrected chi connectivity index (χ4v) is 4.84. The number of hydrogen-bond donors (Lipinski definition) is 2. The number of nitrogens with one attached hydrogen (secondary N) is 1. The van der Waals surface area contributed by atoms with E-state index in [2.05, 4.69) is 11.4 Å². The van der Waals surface area contributed by atoms with Crippen LogP contribution in [0.2, 0.25) is 0 Å². The van der Waals surface area contributed by atoms with E-state index in [1.807, 2.05) is 0 Å². The lowest BCUT2D eigenvalue weighted by Gasteiger charge is -2.14. The summed E-state index contributed by atoms with van der Waals surface area (Å²) in [7, 11) is 4.59. The molecule has 0 bridgehead atoms. The maximum absolute atomic E-state index is 13.0. The van der Waals surface area contributed by atoms with E-state index in [9.17, 15) is 4.79 Å². The van der Waals surface area contributed by atoms with Gasteiger partial charge in [0.2, 0.25) is 5.75 Å². The Morgan fingerprint density at radius 2 is 1.73 bits per heavy atom. The van der Waals surface area contributed by atoms with E-state index in [0.29, 0.717) is 33.5 Å². The summed E-state index contributed by atoms with van der Waals surface area (Å²) in [6, 6.07) is 5.48. The minimum absolute atomic E-state index is 0.292. The molecule has 0 saturated carbocycles. The van der Waals surface area contributed by atoms with Gasteiger partial charge in [-0.25, -0.2) is 4.98 Å². The van der Waals surface area contributed by atoms with Gasteiger partial charge in [-0.15, -0.1) is 11.3 Å². The third kappa shape index (κ3) is 3.63. The molecule has 3 N–H and O–H groups in total. The molecule has 8 heteroatoms. The Bertz CT molecular complexity index is 1080. The molecule has 1 aromatic carbocycles. The third-order valence-corrected chi connectivity index (χ3v) is 6.49. The van der Waals surface area contributed by atoms with Crippen molar-refractivity contribution < 1.29 is 19.0 Å². The van der Waals surface area contributed by atoms with Gasteiger partial charge in [0.1, 0.15) is 9.71 Å². The lowest BCUT2D eigenvalue weighted by Crippen LogP contribution is -2.12. The summed E-state index contributed by atoms with van der Waals surface area (Å²) in [5, 5.41) is 3.75. The Kier molecular flexibility index (Phi) is 5.67. The van der Waals surface area contributed by atoms with Gasteiger partial charge in [-0.3, -0.25) is 4.79 Å². The van der Waals surface area contributed by atoms with Gasteiger partial charge in [0.15, 0.2) is 11.5 Å². The molecule has 7 nitrogen and oxygen atoms in total. The van der Waals surface area contributed by atoms with E-state index in [4.69, 9.17) is 24.9 Å². The van der Waals surface area contributed by atoms with Crippen LogP contribution in [0.3, 0.4) is 0 Å². The maximum Gasteiger partial charge on any atom is 0.267 e. The van der Waals surface area contributed by atoms with Crippen molar-refractivity contribution >= 4 is 38.8 Å². The molecule has 3 aromatic rings. The number of anilines is 2. The van der Waals surface area contributed by atoms with Crippen LogP contribution in [0, 0.1) is 0 Å². The Balaban J connectivity index is 1.68. The number of thiophene rings is 1. The summed E-state index contributed by atoms with van der Waals surface area (Å²) >= 11 is 1.32. The van der Waals surface area contributed by atoms with Crippen molar-refractivity contribution in [3.63, 3.8) is 0 Å². The van der Waals surface area contributed by atoms with Crippen LogP contribution in [0.15, 0.2) is 18.2 Å². The second-order valence-electron chi connectivity index (χ2n) is 7.22. The molecule has 4 rings (SSSR count). The number of nitrogens with two attached hydrogens (primary N) is 1. The average Bonchev–Trinajstić information content (AvgIpc) is 2.92. The van der Waals surface area contributed by atoms with Crippen LogP contribution in [-0.2, 0) is 12.8 Å². The van der Waals surface area contributed by atoms with Gasteiger partial charge in [-0.05, 0) is 37.3 Å². The Morgan fingerprint density at radius 1 is 1.03 bits per heavy atom. The predicted octanol–water partition coefficient (Wildman–Crippen LogP) is 4.43. The van der Waals surface area contributed by atoms with Gasteiger partial charge in [-0.2, -0.15) is 0 Å². The molecule has 0 radical (unpaired) electrons. The first-order valence-electron chi connectivity index (χ1n) is 9.87. The van der Waals surface area contributed by atoms with Gasteiger partial charge >= 0.3 is 0 Å². The summed E-state index contributed by atoms with van der Waals surface area (Å²) in [6.07, 6.45) is 5.54. The fourth-order valence-electron chi connectivity index (χ4n) is 3.85. The number of fused-ring (bicyclic) bond motifs is 2. The van der Waals surface area contributed by atoms with Crippen molar-refractivity contribution in [3.8, 4) is 17.2 Å². The molecule has 0 unspecified atom stereocenters. The molecule has 0 spiro atoms.